The van der Waals surface area contributed by atoms with E-state index in [4.69, 9.17) is 0 Å². The average molecular weight is 625 g/mol. The molecule has 4 aromatic rings. The molecule has 0 spiro atoms. The molecule has 0 N–H and O–H groups in total. The normalized spacial score (nSPS) is 14.0. The molecule has 0 amide bonds. The van der Waals surface area contributed by atoms with Crippen LogP contribution in [0, 0.1) is 45.3 Å². The second-order valence-electron chi connectivity index (χ2n) is 8.77. The zero-order valence-electron chi connectivity index (χ0n) is 20.6. The largest absolute Gasteiger partial charge is 0.573 e. The Kier molecular flexibility index (Phi) is 6.17. The van der Waals surface area contributed by atoms with Crippen LogP contribution in [0.25, 0.3) is 43.1 Å². The summed E-state index contributed by atoms with van der Waals surface area (Å²) < 4.78 is 86.7. The van der Waals surface area contributed by atoms with Gasteiger partial charge in [-0.05, 0) is 12.1 Å². The number of pyridine rings is 2. The number of allylic oxidation sites excluding steroid dienone is 2. The first-order chi connectivity index (χ1) is 20.4. The van der Waals surface area contributed by atoms with Gasteiger partial charge in [0.05, 0.1) is 57.3 Å². The van der Waals surface area contributed by atoms with E-state index in [1.165, 1.54) is 0 Å². The Balaban J connectivity index is 1.65. The number of hydrogen-bond donors (Lipinski definition) is 0. The summed E-state index contributed by atoms with van der Waals surface area (Å²) >= 11 is 2.19. The molecule has 4 aromatic heterocycles. The van der Waals surface area contributed by atoms with Crippen molar-refractivity contribution in [3.63, 3.8) is 0 Å². The quantitative estimate of drug-likeness (QED) is 0.145. The highest BCUT2D eigenvalue weighted by molar-refractivity contribution is 7.31. The van der Waals surface area contributed by atoms with Crippen molar-refractivity contribution in [2.75, 3.05) is 0 Å². The lowest BCUT2D eigenvalue weighted by Gasteiger charge is -2.11. The lowest BCUT2D eigenvalue weighted by Crippen LogP contribution is -2.17. The summed E-state index contributed by atoms with van der Waals surface area (Å²) in [7, 11) is 0. The van der Waals surface area contributed by atoms with Crippen molar-refractivity contribution in [3.8, 4) is 58.3 Å². The van der Waals surface area contributed by atoms with Gasteiger partial charge in [0.25, 0.3) is 0 Å². The van der Waals surface area contributed by atoms with Gasteiger partial charge >= 0.3 is 12.7 Å². The van der Waals surface area contributed by atoms with E-state index < -0.39 is 24.2 Å². The number of thiophene rings is 2. The van der Waals surface area contributed by atoms with Gasteiger partial charge in [0.2, 0.25) is 0 Å². The summed E-state index contributed by atoms with van der Waals surface area (Å²) in [5.41, 5.74) is 1.31. The van der Waals surface area contributed by atoms with Gasteiger partial charge in [-0.1, -0.05) is 0 Å². The first kappa shape index (κ1) is 27.7. The number of rotatable bonds is 3. The Morgan fingerprint density at radius 3 is 1.60 bits per heavy atom. The van der Waals surface area contributed by atoms with Crippen molar-refractivity contribution in [3.05, 3.63) is 56.6 Å². The van der Waals surface area contributed by atoms with Crippen LogP contribution in [0.4, 0.5) is 26.3 Å². The molecule has 0 aliphatic heterocycles. The smallest absolute Gasteiger partial charge is 0.404 e. The second kappa shape index (κ2) is 9.57. The van der Waals surface area contributed by atoms with E-state index in [0.29, 0.717) is 30.3 Å². The molecule has 0 aromatic carbocycles. The number of fused-ring (bicyclic) bond motifs is 9. The third kappa shape index (κ3) is 4.41. The lowest BCUT2D eigenvalue weighted by atomic mass is 10.0. The van der Waals surface area contributed by atoms with E-state index in [-0.39, 0.29) is 51.2 Å². The van der Waals surface area contributed by atoms with Gasteiger partial charge in [0.15, 0.2) is 0 Å². The van der Waals surface area contributed by atoms with Gasteiger partial charge in [-0.3, -0.25) is 9.97 Å². The van der Waals surface area contributed by atoms with Crippen LogP contribution in [0.3, 0.4) is 0 Å². The van der Waals surface area contributed by atoms with E-state index in [2.05, 4.69) is 19.4 Å². The summed E-state index contributed by atoms with van der Waals surface area (Å²) in [6.07, 6.45) is -8.66. The number of ether oxygens (including phenoxy) is 2. The molecular weight excluding hydrogens is 618 g/mol. The maximum atomic E-state index is 13.0. The SMILES string of the molecule is N#CC/C(C#N)=C1/c2cc(OC(F)(F)F)cnc2-c2c1sc1c3c(sc21)C(=C(C#N)C#N)c1cc(OC(F)(F)F)cnc1-3. The van der Waals surface area contributed by atoms with Crippen molar-refractivity contribution in [2.45, 2.75) is 19.1 Å². The molecule has 0 unspecified atom stereocenters. The van der Waals surface area contributed by atoms with Crippen LogP contribution in [-0.2, 0) is 0 Å². The summed E-state index contributed by atoms with van der Waals surface area (Å²) in [5, 5.41) is 38.5. The highest BCUT2D eigenvalue weighted by Crippen LogP contribution is 2.61. The zero-order chi connectivity index (χ0) is 30.8. The van der Waals surface area contributed by atoms with Crippen molar-refractivity contribution in [1.82, 2.24) is 9.97 Å². The third-order valence-electron chi connectivity index (χ3n) is 6.35. The number of nitrogens with zero attached hydrogens (tertiary/aromatic N) is 6. The second-order valence-corrected chi connectivity index (χ2v) is 10.8. The highest BCUT2D eigenvalue weighted by atomic mass is 32.1. The van der Waals surface area contributed by atoms with Gasteiger partial charge in [-0.2, -0.15) is 21.0 Å². The number of nitriles is 4. The van der Waals surface area contributed by atoms with Crippen molar-refractivity contribution in [2.24, 2.45) is 0 Å². The summed E-state index contributed by atoms with van der Waals surface area (Å²) in [4.78, 5) is 9.16. The minimum atomic E-state index is -5.02. The average Bonchev–Trinajstić information content (AvgIpc) is 3.62. The number of aromatic nitrogens is 2. The van der Waals surface area contributed by atoms with Crippen molar-refractivity contribution in [1.29, 1.82) is 21.0 Å². The Morgan fingerprint density at radius 1 is 0.721 bits per heavy atom. The first-order valence-electron chi connectivity index (χ1n) is 11.6. The zero-order valence-corrected chi connectivity index (χ0v) is 22.2. The van der Waals surface area contributed by atoms with Crippen LogP contribution in [0.1, 0.15) is 27.3 Å². The van der Waals surface area contributed by atoms with Crippen LogP contribution in [0.15, 0.2) is 35.7 Å². The van der Waals surface area contributed by atoms with Crippen LogP contribution >= 0.6 is 22.7 Å². The van der Waals surface area contributed by atoms with Crippen LogP contribution in [0.5, 0.6) is 11.5 Å². The summed E-state index contributed by atoms with van der Waals surface area (Å²) in [6.45, 7) is 0. The summed E-state index contributed by atoms with van der Waals surface area (Å²) in [6, 6.07) is 9.44. The topological polar surface area (TPSA) is 139 Å². The predicted molar refractivity (Wildman–Crippen MR) is 139 cm³/mol. The Bertz CT molecular complexity index is 2130. The molecule has 4 heterocycles. The van der Waals surface area contributed by atoms with Crippen LogP contribution < -0.4 is 9.47 Å². The molecule has 2 aliphatic carbocycles. The van der Waals surface area contributed by atoms with Crippen molar-refractivity contribution < 1.29 is 35.8 Å². The molecule has 210 valence electrons. The predicted octanol–water partition coefficient (Wildman–Crippen LogP) is 7.60. The van der Waals surface area contributed by atoms with Crippen molar-refractivity contribution >= 4 is 43.2 Å². The van der Waals surface area contributed by atoms with Crippen LogP contribution in [-0.4, -0.2) is 22.7 Å². The molecule has 0 saturated heterocycles. The van der Waals surface area contributed by atoms with Gasteiger partial charge < -0.3 is 9.47 Å². The number of halogens is 6. The standard InChI is InChI=1S/C27H6F6N6O2S2/c28-26(29,30)40-12-3-14-16(10(5-35)1-2-34)22-18(20(14)38-8-12)24-25(42-22)19-21-15(4-13(9-39-21)41-27(31,32)33)17(23(19)43-24)11(6-36)7-37/h3-4,8-9H,1H2/b16-10+. The Labute approximate surface area is 243 Å². The molecule has 16 heteroatoms. The molecule has 6 rings (SSSR count). The molecule has 0 bridgehead atoms. The fourth-order valence-electron chi connectivity index (χ4n) is 4.96. The van der Waals surface area contributed by atoms with Gasteiger partial charge in [-0.25, -0.2) is 0 Å². The molecule has 0 saturated carbocycles. The van der Waals surface area contributed by atoms with Gasteiger partial charge in [-0.15, -0.1) is 49.0 Å². The molecule has 0 radical (unpaired) electrons. The molecule has 0 atom stereocenters. The Morgan fingerprint density at radius 2 is 1.19 bits per heavy atom. The first-order valence-corrected chi connectivity index (χ1v) is 13.2. The fourth-order valence-corrected chi connectivity index (χ4v) is 7.99. The van der Waals surface area contributed by atoms with E-state index in [1.54, 1.807) is 12.1 Å². The molecule has 43 heavy (non-hydrogen) atoms. The molecule has 8 nitrogen and oxygen atoms in total. The highest BCUT2D eigenvalue weighted by Gasteiger charge is 2.40. The Hall–Kier alpha value is -5.42. The number of hydrogen-bond acceptors (Lipinski definition) is 10. The van der Waals surface area contributed by atoms with E-state index in [1.807, 2.05) is 12.1 Å². The number of alkyl halides is 6. The molecular formula is C27H6F6N6O2S2. The minimum absolute atomic E-state index is 0.0247. The monoisotopic (exact) mass is 624 g/mol. The maximum Gasteiger partial charge on any atom is 0.573 e. The molecule has 2 aliphatic rings. The van der Waals surface area contributed by atoms with E-state index in [9.17, 15) is 47.4 Å². The van der Waals surface area contributed by atoms with E-state index >= 15 is 0 Å². The summed E-state index contributed by atoms with van der Waals surface area (Å²) in [5.74, 6) is -1.29. The maximum absolute atomic E-state index is 13.0. The lowest BCUT2D eigenvalue weighted by molar-refractivity contribution is -0.275. The third-order valence-corrected chi connectivity index (χ3v) is 8.93. The minimum Gasteiger partial charge on any atom is -0.404 e. The van der Waals surface area contributed by atoms with E-state index in [0.717, 1.165) is 47.2 Å². The molecule has 0 fully saturated rings. The fraction of sp³-hybridized carbons (Fsp3) is 0.111. The van der Waals surface area contributed by atoms with Crippen LogP contribution in [0.2, 0.25) is 0 Å². The van der Waals surface area contributed by atoms with Gasteiger partial charge in [0, 0.05) is 43.2 Å². The van der Waals surface area contributed by atoms with Gasteiger partial charge in [0.1, 0.15) is 29.2 Å².